The molecule has 0 fully saturated rings. The summed E-state index contributed by atoms with van der Waals surface area (Å²) in [4.78, 5) is 14.3. The van der Waals surface area contributed by atoms with Crippen molar-refractivity contribution >= 4 is 33.2 Å². The minimum atomic E-state index is -0.185. The van der Waals surface area contributed by atoms with Crippen LogP contribution >= 0.6 is 15.9 Å². The molecule has 0 heterocycles. The second-order valence-corrected chi connectivity index (χ2v) is 5.29. The number of rotatable bonds is 4. The first-order valence-electron chi connectivity index (χ1n) is 6.42. The van der Waals surface area contributed by atoms with E-state index in [1.807, 2.05) is 30.3 Å². The number of anilines is 2. The average Bonchev–Trinajstić information content (AvgIpc) is 2.51. The summed E-state index contributed by atoms with van der Waals surface area (Å²) >= 11 is 3.37. The average molecular weight is 344 g/mol. The lowest BCUT2D eigenvalue weighted by Gasteiger charge is -2.22. The number of carbonyl (C=O) groups excluding carboxylic acids is 1. The number of nitrogens with two attached hydrogens (primary N) is 1. The summed E-state index contributed by atoms with van der Waals surface area (Å²) in [5.74, 6) is -0.185. The molecule has 2 N–H and O–H groups in total. The van der Waals surface area contributed by atoms with Crippen molar-refractivity contribution < 1.29 is 4.79 Å². The summed E-state index contributed by atoms with van der Waals surface area (Å²) in [7, 11) is 0. The van der Waals surface area contributed by atoms with E-state index in [1.54, 1.807) is 23.1 Å². The van der Waals surface area contributed by atoms with Crippen LogP contribution in [0.25, 0.3) is 0 Å². The van der Waals surface area contributed by atoms with Crippen molar-refractivity contribution in [3.63, 3.8) is 0 Å². The van der Waals surface area contributed by atoms with Crippen LogP contribution in [0.3, 0.4) is 0 Å². The van der Waals surface area contributed by atoms with Crippen LogP contribution in [0.5, 0.6) is 0 Å². The molecule has 0 saturated heterocycles. The van der Waals surface area contributed by atoms with Crippen LogP contribution in [-0.4, -0.2) is 12.5 Å². The van der Waals surface area contributed by atoms with Crippen LogP contribution in [0.1, 0.15) is 16.8 Å². The molecule has 0 bridgehead atoms. The molecule has 4 nitrogen and oxygen atoms in total. The summed E-state index contributed by atoms with van der Waals surface area (Å²) in [6.07, 6.45) is 0.264. The molecule has 0 unspecified atom stereocenters. The van der Waals surface area contributed by atoms with Gasteiger partial charge in [0.15, 0.2) is 0 Å². The molecule has 0 saturated carbocycles. The number of para-hydroxylation sites is 1. The Morgan fingerprint density at radius 2 is 1.95 bits per heavy atom. The highest BCUT2D eigenvalue weighted by molar-refractivity contribution is 9.10. The van der Waals surface area contributed by atoms with Crippen molar-refractivity contribution in [2.45, 2.75) is 6.42 Å². The summed E-state index contributed by atoms with van der Waals surface area (Å²) in [6, 6.07) is 16.5. The van der Waals surface area contributed by atoms with Crippen molar-refractivity contribution in [1.82, 2.24) is 0 Å². The molecular formula is C16H14BrN3O. The van der Waals surface area contributed by atoms with Crippen LogP contribution in [0.4, 0.5) is 11.4 Å². The third kappa shape index (κ3) is 3.61. The number of nitrogen functional groups attached to an aromatic ring is 1. The fraction of sp³-hybridized carbons (Fsp3) is 0.125. The van der Waals surface area contributed by atoms with Gasteiger partial charge in [-0.1, -0.05) is 18.2 Å². The predicted molar refractivity (Wildman–Crippen MR) is 86.9 cm³/mol. The molecule has 2 aromatic carbocycles. The highest BCUT2D eigenvalue weighted by Gasteiger charge is 2.19. The molecule has 0 aromatic heterocycles. The van der Waals surface area contributed by atoms with Gasteiger partial charge in [0.25, 0.3) is 5.91 Å². The highest BCUT2D eigenvalue weighted by atomic mass is 79.9. The lowest BCUT2D eigenvalue weighted by molar-refractivity contribution is 0.0987. The molecule has 106 valence electrons. The zero-order chi connectivity index (χ0) is 15.2. The van der Waals surface area contributed by atoms with E-state index >= 15 is 0 Å². The molecule has 0 atom stereocenters. The fourth-order valence-electron chi connectivity index (χ4n) is 1.97. The van der Waals surface area contributed by atoms with Crippen LogP contribution in [0.15, 0.2) is 53.0 Å². The largest absolute Gasteiger partial charge is 0.399 e. The SMILES string of the molecule is N#CCCN(C(=O)c1cc(N)ccc1Br)c1ccccc1. The van der Waals surface area contributed by atoms with Crippen LogP contribution < -0.4 is 10.6 Å². The summed E-state index contributed by atoms with van der Waals surface area (Å²) in [5, 5.41) is 8.80. The summed E-state index contributed by atoms with van der Waals surface area (Å²) < 4.78 is 0.680. The minimum absolute atomic E-state index is 0.185. The van der Waals surface area contributed by atoms with E-state index < -0.39 is 0 Å². The van der Waals surface area contributed by atoms with Crippen LogP contribution in [0.2, 0.25) is 0 Å². The van der Waals surface area contributed by atoms with Crippen molar-refractivity contribution in [3.05, 3.63) is 58.6 Å². The first kappa shape index (κ1) is 15.1. The molecule has 0 aliphatic heterocycles. The zero-order valence-electron chi connectivity index (χ0n) is 11.3. The van der Waals surface area contributed by atoms with Crippen molar-refractivity contribution in [2.75, 3.05) is 17.2 Å². The predicted octanol–water partition coefficient (Wildman–Crippen LogP) is 3.59. The topological polar surface area (TPSA) is 70.1 Å². The van der Waals surface area contributed by atoms with E-state index in [4.69, 9.17) is 11.0 Å². The lowest BCUT2D eigenvalue weighted by atomic mass is 10.1. The maximum absolute atomic E-state index is 12.8. The van der Waals surface area contributed by atoms with Gasteiger partial charge in [-0.2, -0.15) is 5.26 Å². The number of halogens is 1. The Hall–Kier alpha value is -2.32. The quantitative estimate of drug-likeness (QED) is 0.862. The van der Waals surface area contributed by atoms with E-state index in [2.05, 4.69) is 22.0 Å². The van der Waals surface area contributed by atoms with Gasteiger partial charge in [-0.25, -0.2) is 0 Å². The standard InChI is InChI=1S/C16H14BrN3O/c17-15-8-7-12(19)11-14(15)16(21)20(10-4-9-18)13-5-2-1-3-6-13/h1-3,5-8,11H,4,10,19H2. The van der Waals surface area contributed by atoms with Crippen molar-refractivity contribution in [2.24, 2.45) is 0 Å². The number of amides is 1. The Morgan fingerprint density at radius 1 is 1.24 bits per heavy atom. The Kier molecular flexibility index (Phi) is 4.96. The second kappa shape index (κ2) is 6.91. The van der Waals surface area contributed by atoms with Gasteiger partial charge in [0.05, 0.1) is 18.1 Å². The molecule has 2 rings (SSSR count). The molecular weight excluding hydrogens is 330 g/mol. The normalized spacial score (nSPS) is 9.90. The van der Waals surface area contributed by atoms with Gasteiger partial charge in [0, 0.05) is 22.4 Å². The number of carbonyl (C=O) groups is 1. The van der Waals surface area contributed by atoms with Gasteiger partial charge in [-0.15, -0.1) is 0 Å². The minimum Gasteiger partial charge on any atom is -0.399 e. The number of nitrogens with zero attached hydrogens (tertiary/aromatic N) is 2. The van der Waals surface area contributed by atoms with Gasteiger partial charge < -0.3 is 10.6 Å². The van der Waals surface area contributed by atoms with Gasteiger partial charge in [0.1, 0.15) is 0 Å². The third-order valence-electron chi connectivity index (χ3n) is 2.98. The van der Waals surface area contributed by atoms with Gasteiger partial charge in [-0.3, -0.25) is 4.79 Å². The maximum Gasteiger partial charge on any atom is 0.259 e. The summed E-state index contributed by atoms with van der Waals surface area (Å²) in [6.45, 7) is 0.334. The van der Waals surface area contributed by atoms with Gasteiger partial charge in [-0.05, 0) is 46.3 Å². The van der Waals surface area contributed by atoms with Crippen molar-refractivity contribution in [1.29, 1.82) is 5.26 Å². The smallest absolute Gasteiger partial charge is 0.259 e. The van der Waals surface area contributed by atoms with E-state index in [0.29, 0.717) is 22.3 Å². The molecule has 0 radical (unpaired) electrons. The Morgan fingerprint density at radius 3 is 2.62 bits per heavy atom. The van der Waals surface area contributed by atoms with E-state index in [0.717, 1.165) is 5.69 Å². The molecule has 0 aliphatic carbocycles. The first-order chi connectivity index (χ1) is 10.1. The molecule has 0 spiro atoms. The van der Waals surface area contributed by atoms with Crippen LogP contribution in [-0.2, 0) is 0 Å². The molecule has 1 amide bonds. The van der Waals surface area contributed by atoms with Crippen molar-refractivity contribution in [3.8, 4) is 6.07 Å². The lowest BCUT2D eigenvalue weighted by Crippen LogP contribution is -2.32. The second-order valence-electron chi connectivity index (χ2n) is 4.44. The highest BCUT2D eigenvalue weighted by Crippen LogP contribution is 2.24. The first-order valence-corrected chi connectivity index (χ1v) is 7.21. The number of hydrogen-bond donors (Lipinski definition) is 1. The monoisotopic (exact) mass is 343 g/mol. The maximum atomic E-state index is 12.8. The van der Waals surface area contributed by atoms with Crippen LogP contribution in [0, 0.1) is 11.3 Å². The number of nitriles is 1. The Bertz CT molecular complexity index is 680. The number of benzene rings is 2. The molecule has 0 aliphatic rings. The number of hydrogen-bond acceptors (Lipinski definition) is 3. The van der Waals surface area contributed by atoms with E-state index in [-0.39, 0.29) is 12.3 Å². The zero-order valence-corrected chi connectivity index (χ0v) is 12.9. The molecule has 5 heteroatoms. The summed E-state index contributed by atoms with van der Waals surface area (Å²) in [5.41, 5.74) is 7.52. The molecule has 21 heavy (non-hydrogen) atoms. The van der Waals surface area contributed by atoms with Gasteiger partial charge in [0.2, 0.25) is 0 Å². The van der Waals surface area contributed by atoms with E-state index in [9.17, 15) is 4.79 Å². The Balaban J connectivity index is 2.39. The molecule has 2 aromatic rings. The Labute approximate surface area is 131 Å². The fourth-order valence-corrected chi connectivity index (χ4v) is 2.39. The third-order valence-corrected chi connectivity index (χ3v) is 3.67. The van der Waals surface area contributed by atoms with Gasteiger partial charge >= 0.3 is 0 Å². The van der Waals surface area contributed by atoms with E-state index in [1.165, 1.54) is 0 Å².